The molecule has 0 spiro atoms. The number of halogens is 1. The molecule has 1 atom stereocenters. The Hall–Kier alpha value is -1.20. The molecule has 5 heteroatoms. The highest BCUT2D eigenvalue weighted by atomic mass is 79.9. The Morgan fingerprint density at radius 1 is 1.43 bits per heavy atom. The van der Waals surface area contributed by atoms with Gasteiger partial charge in [0, 0.05) is 24.4 Å². The van der Waals surface area contributed by atoms with Crippen molar-refractivity contribution in [2.45, 2.75) is 32.2 Å². The maximum absolute atomic E-state index is 5.50. The number of hydrogen-bond acceptors (Lipinski definition) is 4. The zero-order valence-electron chi connectivity index (χ0n) is 12.5. The molecule has 0 fully saturated rings. The first-order valence-electron chi connectivity index (χ1n) is 7.26. The minimum absolute atomic E-state index is 0.104. The Kier molecular flexibility index (Phi) is 6.39. The standard InChI is InChI=1S/C16H21BrN2O2/c1-3-4-5-13-8-6-12(16(17)19-13)7-9-15-18-14(10-20-2)11-21-15/h6-9,14H,3-5,10-11H2,1-2H3/b9-7+/t14-/m0/s1. The van der Waals surface area contributed by atoms with E-state index >= 15 is 0 Å². The van der Waals surface area contributed by atoms with Gasteiger partial charge in [-0.2, -0.15) is 0 Å². The van der Waals surface area contributed by atoms with Crippen LogP contribution in [0.15, 0.2) is 27.8 Å². The van der Waals surface area contributed by atoms with Crippen LogP contribution in [0.5, 0.6) is 0 Å². The van der Waals surface area contributed by atoms with Crippen molar-refractivity contribution in [3.8, 4) is 0 Å². The van der Waals surface area contributed by atoms with Crippen molar-refractivity contribution >= 4 is 27.9 Å². The quantitative estimate of drug-likeness (QED) is 0.703. The maximum Gasteiger partial charge on any atom is 0.209 e. The van der Waals surface area contributed by atoms with Gasteiger partial charge in [0.05, 0.1) is 6.61 Å². The first-order chi connectivity index (χ1) is 10.2. The predicted octanol–water partition coefficient (Wildman–Crippen LogP) is 3.64. The monoisotopic (exact) mass is 352 g/mol. The van der Waals surface area contributed by atoms with Crippen molar-refractivity contribution in [2.24, 2.45) is 4.99 Å². The smallest absolute Gasteiger partial charge is 0.209 e. The molecular formula is C16H21BrN2O2. The van der Waals surface area contributed by atoms with E-state index in [0.717, 1.165) is 22.3 Å². The molecule has 0 unspecified atom stereocenters. The van der Waals surface area contributed by atoms with Gasteiger partial charge in [-0.05, 0) is 40.9 Å². The molecule has 1 aromatic rings. The molecule has 1 aliphatic rings. The number of aliphatic imine (C=N–C) groups is 1. The van der Waals surface area contributed by atoms with Crippen LogP contribution < -0.4 is 0 Å². The minimum Gasteiger partial charge on any atom is -0.476 e. The van der Waals surface area contributed by atoms with E-state index < -0.39 is 0 Å². The normalized spacial score (nSPS) is 18.0. The van der Waals surface area contributed by atoms with Gasteiger partial charge >= 0.3 is 0 Å². The van der Waals surface area contributed by atoms with E-state index in [-0.39, 0.29) is 6.04 Å². The number of pyridine rings is 1. The molecule has 4 nitrogen and oxygen atoms in total. The fraction of sp³-hybridized carbons (Fsp3) is 0.500. The lowest BCUT2D eigenvalue weighted by molar-refractivity contribution is 0.165. The molecule has 0 saturated carbocycles. The van der Waals surface area contributed by atoms with Gasteiger partial charge in [0.1, 0.15) is 17.3 Å². The van der Waals surface area contributed by atoms with E-state index in [9.17, 15) is 0 Å². The fourth-order valence-electron chi connectivity index (χ4n) is 2.07. The number of ether oxygens (including phenoxy) is 2. The Morgan fingerprint density at radius 2 is 2.29 bits per heavy atom. The zero-order valence-corrected chi connectivity index (χ0v) is 14.1. The SMILES string of the molecule is CCCCc1ccc(/C=C/C2=N[C@@H](COC)CO2)c(Br)n1. The average Bonchev–Trinajstić information content (AvgIpc) is 2.92. The second kappa shape index (κ2) is 8.29. The van der Waals surface area contributed by atoms with Crippen molar-refractivity contribution in [3.63, 3.8) is 0 Å². The number of aromatic nitrogens is 1. The minimum atomic E-state index is 0.104. The van der Waals surface area contributed by atoms with Crippen molar-refractivity contribution in [1.29, 1.82) is 0 Å². The van der Waals surface area contributed by atoms with Gasteiger partial charge in [-0.15, -0.1) is 0 Å². The fourth-order valence-corrected chi connectivity index (χ4v) is 2.56. The maximum atomic E-state index is 5.50. The van der Waals surface area contributed by atoms with E-state index in [1.807, 2.05) is 12.2 Å². The summed E-state index contributed by atoms with van der Waals surface area (Å²) in [6.07, 6.45) is 7.21. The first-order valence-corrected chi connectivity index (χ1v) is 8.05. The van der Waals surface area contributed by atoms with Crippen LogP contribution in [-0.4, -0.2) is 37.2 Å². The summed E-state index contributed by atoms with van der Waals surface area (Å²) in [5, 5.41) is 0. The lowest BCUT2D eigenvalue weighted by Gasteiger charge is -2.03. The van der Waals surface area contributed by atoms with Crippen LogP contribution in [0.4, 0.5) is 0 Å². The van der Waals surface area contributed by atoms with Gasteiger partial charge in [-0.1, -0.05) is 19.4 Å². The van der Waals surface area contributed by atoms with Crippen molar-refractivity contribution in [2.75, 3.05) is 20.3 Å². The Morgan fingerprint density at radius 3 is 3.00 bits per heavy atom. The Balaban J connectivity index is 1.99. The Labute approximate surface area is 134 Å². The van der Waals surface area contributed by atoms with Crippen LogP contribution in [0.1, 0.15) is 31.0 Å². The third-order valence-corrected chi connectivity index (χ3v) is 3.85. The molecule has 114 valence electrons. The highest BCUT2D eigenvalue weighted by Gasteiger charge is 2.16. The van der Waals surface area contributed by atoms with Gasteiger partial charge in [0.2, 0.25) is 5.90 Å². The molecule has 2 heterocycles. The molecule has 0 bridgehead atoms. The molecule has 0 radical (unpaired) electrons. The van der Waals surface area contributed by atoms with Crippen LogP contribution in [0.3, 0.4) is 0 Å². The molecule has 1 aromatic heterocycles. The van der Waals surface area contributed by atoms with Gasteiger partial charge in [-0.25, -0.2) is 9.98 Å². The van der Waals surface area contributed by atoms with Gasteiger partial charge in [0.15, 0.2) is 0 Å². The van der Waals surface area contributed by atoms with E-state index in [1.54, 1.807) is 7.11 Å². The summed E-state index contributed by atoms with van der Waals surface area (Å²) >= 11 is 3.52. The second-order valence-electron chi connectivity index (χ2n) is 5.01. The topological polar surface area (TPSA) is 43.7 Å². The summed E-state index contributed by atoms with van der Waals surface area (Å²) in [6, 6.07) is 4.25. The largest absolute Gasteiger partial charge is 0.476 e. The molecule has 2 rings (SSSR count). The molecule has 1 aliphatic heterocycles. The lowest BCUT2D eigenvalue weighted by Crippen LogP contribution is -2.12. The van der Waals surface area contributed by atoms with E-state index in [0.29, 0.717) is 19.1 Å². The van der Waals surface area contributed by atoms with Crippen LogP contribution in [-0.2, 0) is 15.9 Å². The molecule has 0 saturated heterocycles. The summed E-state index contributed by atoms with van der Waals surface area (Å²) < 4.78 is 11.4. The molecule has 0 aliphatic carbocycles. The Bertz CT molecular complexity index is 529. The summed E-state index contributed by atoms with van der Waals surface area (Å²) in [7, 11) is 1.67. The van der Waals surface area contributed by atoms with Gasteiger partial charge in [0.25, 0.3) is 0 Å². The molecule has 0 aromatic carbocycles. The first kappa shape index (κ1) is 16.2. The van der Waals surface area contributed by atoms with E-state index in [1.165, 1.54) is 12.8 Å². The molecular weight excluding hydrogens is 332 g/mol. The van der Waals surface area contributed by atoms with Gasteiger partial charge in [-0.3, -0.25) is 0 Å². The predicted molar refractivity (Wildman–Crippen MR) is 88.6 cm³/mol. The van der Waals surface area contributed by atoms with Crippen molar-refractivity contribution in [3.05, 3.63) is 34.1 Å². The third-order valence-electron chi connectivity index (χ3n) is 3.22. The van der Waals surface area contributed by atoms with E-state index in [4.69, 9.17) is 9.47 Å². The van der Waals surface area contributed by atoms with E-state index in [2.05, 4.69) is 45.0 Å². The van der Waals surface area contributed by atoms with Crippen molar-refractivity contribution in [1.82, 2.24) is 4.98 Å². The number of methoxy groups -OCH3 is 1. The number of unbranched alkanes of at least 4 members (excludes halogenated alkanes) is 1. The summed E-state index contributed by atoms with van der Waals surface area (Å²) in [6.45, 7) is 3.36. The summed E-state index contributed by atoms with van der Waals surface area (Å²) in [5.74, 6) is 0.652. The van der Waals surface area contributed by atoms with Crippen molar-refractivity contribution < 1.29 is 9.47 Å². The molecule has 21 heavy (non-hydrogen) atoms. The number of rotatable bonds is 7. The highest BCUT2D eigenvalue weighted by Crippen LogP contribution is 2.18. The zero-order chi connectivity index (χ0) is 15.1. The van der Waals surface area contributed by atoms with Crippen LogP contribution >= 0.6 is 15.9 Å². The third kappa shape index (κ3) is 4.93. The summed E-state index contributed by atoms with van der Waals surface area (Å²) in [4.78, 5) is 8.99. The van der Waals surface area contributed by atoms with Gasteiger partial charge < -0.3 is 9.47 Å². The number of aryl methyl sites for hydroxylation is 1. The summed E-state index contributed by atoms with van der Waals surface area (Å²) in [5.41, 5.74) is 2.15. The molecule has 0 N–H and O–H groups in total. The second-order valence-corrected chi connectivity index (χ2v) is 5.76. The highest BCUT2D eigenvalue weighted by molar-refractivity contribution is 9.10. The lowest BCUT2D eigenvalue weighted by atomic mass is 10.1. The van der Waals surface area contributed by atoms with Crippen LogP contribution in [0.2, 0.25) is 0 Å². The van der Waals surface area contributed by atoms with Crippen LogP contribution in [0, 0.1) is 0 Å². The average molecular weight is 353 g/mol. The number of nitrogens with zero attached hydrogens (tertiary/aromatic N) is 2. The molecule has 0 amide bonds. The van der Waals surface area contributed by atoms with Crippen LogP contribution in [0.25, 0.3) is 6.08 Å². The number of hydrogen-bond donors (Lipinski definition) is 0.